The first kappa shape index (κ1) is 14.4. The largest absolute Gasteiger partial charge is 0.496 e. The Kier molecular flexibility index (Phi) is 4.63. The van der Waals surface area contributed by atoms with Gasteiger partial charge in [-0.15, -0.1) is 11.3 Å². The minimum atomic E-state index is -0.129. The second kappa shape index (κ2) is 6.43. The maximum atomic E-state index is 12.2. The number of nitrogens with one attached hydrogen (secondary N) is 1. The summed E-state index contributed by atoms with van der Waals surface area (Å²) in [6, 6.07) is 5.68. The van der Waals surface area contributed by atoms with Crippen molar-refractivity contribution in [3.05, 3.63) is 35.2 Å². The summed E-state index contributed by atoms with van der Waals surface area (Å²) < 4.78 is 6.26. The molecule has 0 spiro atoms. The Morgan fingerprint density at radius 2 is 2.30 bits per heavy atom. The molecule has 0 aliphatic heterocycles. The van der Waals surface area contributed by atoms with Crippen LogP contribution in [0.4, 0.5) is 5.69 Å². The number of fused-ring (bicyclic) bond motifs is 1. The molecule has 0 fully saturated rings. The number of anilines is 1. The fraction of sp³-hybridized carbons (Fsp3) is 0.267. The van der Waals surface area contributed by atoms with Crippen molar-refractivity contribution in [1.29, 1.82) is 0 Å². The number of allylic oxidation sites excluding steroid dienone is 1. The zero-order valence-corrected chi connectivity index (χ0v) is 12.4. The normalized spacial score (nSPS) is 11.1. The number of hydrogen-bond donors (Lipinski definition) is 2. The van der Waals surface area contributed by atoms with Gasteiger partial charge in [0.1, 0.15) is 10.6 Å². The lowest BCUT2D eigenvalue weighted by Gasteiger charge is -2.03. The Labute approximate surface area is 122 Å². The fourth-order valence-electron chi connectivity index (χ4n) is 1.99. The van der Waals surface area contributed by atoms with Crippen LogP contribution >= 0.6 is 11.3 Å². The molecule has 0 bridgehead atoms. The summed E-state index contributed by atoms with van der Waals surface area (Å²) in [6.45, 7) is 2.56. The van der Waals surface area contributed by atoms with Gasteiger partial charge in [-0.25, -0.2) is 0 Å². The van der Waals surface area contributed by atoms with Crippen LogP contribution < -0.4 is 15.8 Å². The number of rotatable bonds is 5. The molecule has 1 aromatic heterocycles. The first-order chi connectivity index (χ1) is 9.69. The summed E-state index contributed by atoms with van der Waals surface area (Å²) in [4.78, 5) is 12.7. The highest BCUT2D eigenvalue weighted by atomic mass is 32.1. The summed E-state index contributed by atoms with van der Waals surface area (Å²) in [7, 11) is 1.60. The maximum Gasteiger partial charge on any atom is 0.263 e. The molecule has 0 aliphatic rings. The van der Waals surface area contributed by atoms with E-state index < -0.39 is 0 Å². The Balaban J connectivity index is 2.26. The molecule has 20 heavy (non-hydrogen) atoms. The number of methoxy groups -OCH3 is 1. The molecular formula is C15H18N2O2S. The number of carbonyl (C=O) groups is 1. The van der Waals surface area contributed by atoms with Crippen molar-refractivity contribution >= 4 is 33.0 Å². The summed E-state index contributed by atoms with van der Waals surface area (Å²) in [5, 5.41) is 3.69. The van der Waals surface area contributed by atoms with Gasteiger partial charge in [0.2, 0.25) is 0 Å². The molecular weight excluding hydrogens is 272 g/mol. The summed E-state index contributed by atoms with van der Waals surface area (Å²) in [5.41, 5.74) is 6.59. The van der Waals surface area contributed by atoms with Crippen LogP contribution in [0.3, 0.4) is 0 Å². The van der Waals surface area contributed by atoms with E-state index in [0.717, 1.165) is 16.5 Å². The van der Waals surface area contributed by atoms with Crippen molar-refractivity contribution in [3.63, 3.8) is 0 Å². The van der Waals surface area contributed by atoms with Crippen LogP contribution in [0, 0.1) is 0 Å². The number of benzene rings is 1. The topological polar surface area (TPSA) is 64.3 Å². The zero-order chi connectivity index (χ0) is 14.5. The van der Waals surface area contributed by atoms with Crippen molar-refractivity contribution in [3.8, 4) is 5.75 Å². The number of nitrogen functional groups attached to an aromatic ring is 1. The minimum Gasteiger partial charge on any atom is -0.496 e. The first-order valence-electron chi connectivity index (χ1n) is 6.43. The van der Waals surface area contributed by atoms with E-state index in [4.69, 9.17) is 10.5 Å². The highest BCUT2D eigenvalue weighted by molar-refractivity contribution is 7.21. The highest BCUT2D eigenvalue weighted by Crippen LogP contribution is 2.39. The van der Waals surface area contributed by atoms with Crippen molar-refractivity contribution in [2.45, 2.75) is 13.3 Å². The van der Waals surface area contributed by atoms with Gasteiger partial charge >= 0.3 is 0 Å². The third kappa shape index (κ3) is 2.77. The second-order valence-corrected chi connectivity index (χ2v) is 5.34. The molecule has 2 aromatic rings. The van der Waals surface area contributed by atoms with E-state index in [1.165, 1.54) is 11.3 Å². The number of amides is 1. The molecule has 106 valence electrons. The van der Waals surface area contributed by atoms with Gasteiger partial charge in [-0.3, -0.25) is 4.79 Å². The van der Waals surface area contributed by atoms with Gasteiger partial charge in [-0.2, -0.15) is 0 Å². The molecule has 0 atom stereocenters. The van der Waals surface area contributed by atoms with E-state index in [2.05, 4.69) is 5.32 Å². The van der Waals surface area contributed by atoms with Crippen molar-refractivity contribution in [2.24, 2.45) is 0 Å². The van der Waals surface area contributed by atoms with Crippen LogP contribution in [-0.4, -0.2) is 19.6 Å². The molecule has 4 nitrogen and oxygen atoms in total. The van der Waals surface area contributed by atoms with E-state index in [-0.39, 0.29) is 5.91 Å². The Hall–Kier alpha value is -2.01. The lowest BCUT2D eigenvalue weighted by molar-refractivity contribution is 0.0959. The third-order valence-corrected chi connectivity index (χ3v) is 4.14. The fourth-order valence-corrected chi connectivity index (χ4v) is 3.05. The average Bonchev–Trinajstić information content (AvgIpc) is 2.81. The monoisotopic (exact) mass is 290 g/mol. The molecule has 0 saturated carbocycles. The molecule has 2 rings (SSSR count). The van der Waals surface area contributed by atoms with Crippen LogP contribution in [0.5, 0.6) is 5.75 Å². The van der Waals surface area contributed by atoms with Crippen molar-refractivity contribution < 1.29 is 9.53 Å². The van der Waals surface area contributed by atoms with E-state index in [1.807, 2.05) is 37.3 Å². The lowest BCUT2D eigenvalue weighted by atomic mass is 10.2. The second-order valence-electron chi connectivity index (χ2n) is 4.29. The Morgan fingerprint density at radius 3 is 3.00 bits per heavy atom. The lowest BCUT2D eigenvalue weighted by Crippen LogP contribution is -2.23. The van der Waals surface area contributed by atoms with Crippen LogP contribution in [0.25, 0.3) is 10.1 Å². The number of ether oxygens (including phenoxy) is 1. The SMILES string of the molecule is C/C=C/CCNC(=O)c1sc2cccc(OC)c2c1N. The van der Waals surface area contributed by atoms with E-state index in [0.29, 0.717) is 22.9 Å². The maximum absolute atomic E-state index is 12.2. The zero-order valence-electron chi connectivity index (χ0n) is 11.6. The van der Waals surface area contributed by atoms with Gasteiger partial charge in [0.05, 0.1) is 18.2 Å². The summed E-state index contributed by atoms with van der Waals surface area (Å²) >= 11 is 1.39. The highest BCUT2D eigenvalue weighted by Gasteiger charge is 2.18. The molecule has 0 radical (unpaired) electrons. The van der Waals surface area contributed by atoms with Crippen LogP contribution in [0.15, 0.2) is 30.4 Å². The number of nitrogens with two attached hydrogens (primary N) is 1. The number of hydrogen-bond acceptors (Lipinski definition) is 4. The summed E-state index contributed by atoms with van der Waals surface area (Å²) in [6.07, 6.45) is 4.79. The molecule has 0 aliphatic carbocycles. The predicted octanol–water partition coefficient (Wildman–Crippen LogP) is 3.19. The van der Waals surface area contributed by atoms with E-state index >= 15 is 0 Å². The van der Waals surface area contributed by atoms with Crippen molar-refractivity contribution in [2.75, 3.05) is 19.4 Å². The van der Waals surface area contributed by atoms with Gasteiger partial charge in [0.25, 0.3) is 5.91 Å². The third-order valence-electron chi connectivity index (χ3n) is 2.97. The van der Waals surface area contributed by atoms with E-state index in [1.54, 1.807) is 7.11 Å². The Bertz CT molecular complexity index is 647. The predicted molar refractivity (Wildman–Crippen MR) is 84.6 cm³/mol. The molecule has 1 amide bonds. The average molecular weight is 290 g/mol. The number of thiophene rings is 1. The van der Waals surface area contributed by atoms with Gasteiger partial charge in [-0.1, -0.05) is 18.2 Å². The van der Waals surface area contributed by atoms with Crippen LogP contribution in [0.2, 0.25) is 0 Å². The van der Waals surface area contributed by atoms with E-state index in [9.17, 15) is 4.79 Å². The minimum absolute atomic E-state index is 0.129. The van der Waals surface area contributed by atoms with Crippen LogP contribution in [-0.2, 0) is 0 Å². The van der Waals surface area contributed by atoms with Gasteiger partial charge < -0.3 is 15.8 Å². The van der Waals surface area contributed by atoms with Gasteiger partial charge in [0, 0.05) is 11.2 Å². The molecule has 3 N–H and O–H groups in total. The first-order valence-corrected chi connectivity index (χ1v) is 7.25. The van der Waals surface area contributed by atoms with Crippen LogP contribution in [0.1, 0.15) is 23.0 Å². The van der Waals surface area contributed by atoms with Gasteiger partial charge in [0.15, 0.2) is 0 Å². The van der Waals surface area contributed by atoms with Gasteiger partial charge in [-0.05, 0) is 25.5 Å². The van der Waals surface area contributed by atoms with Crippen molar-refractivity contribution in [1.82, 2.24) is 5.32 Å². The molecule has 0 unspecified atom stereocenters. The summed E-state index contributed by atoms with van der Waals surface area (Å²) in [5.74, 6) is 0.569. The smallest absolute Gasteiger partial charge is 0.263 e. The molecule has 1 aromatic carbocycles. The molecule has 5 heteroatoms. The quantitative estimate of drug-likeness (QED) is 0.656. The Morgan fingerprint density at radius 1 is 1.50 bits per heavy atom. The standard InChI is InChI=1S/C15H18N2O2S/c1-3-4-5-9-17-15(18)14-13(16)12-10(19-2)7-6-8-11(12)20-14/h3-4,6-8H,5,9,16H2,1-2H3,(H,17,18)/b4-3+. The molecule has 0 saturated heterocycles. The molecule has 1 heterocycles. The number of carbonyl (C=O) groups excluding carboxylic acids is 1.